The lowest BCUT2D eigenvalue weighted by atomic mass is 9.85. The molecule has 2 heteroatoms. The minimum Gasteiger partial charge on any atom is -0.457 e. The van der Waals surface area contributed by atoms with Gasteiger partial charge in [0.05, 0.1) is 0 Å². The molecule has 12 heavy (non-hydrogen) atoms. The van der Waals surface area contributed by atoms with Gasteiger partial charge in [-0.2, -0.15) is 0 Å². The molecule has 0 aromatic heterocycles. The lowest BCUT2D eigenvalue weighted by molar-refractivity contribution is -0.173. The summed E-state index contributed by atoms with van der Waals surface area (Å²) >= 11 is 0. The molecule has 0 bridgehead atoms. The molecule has 0 amide bonds. The Labute approximate surface area is 72.5 Å². The molecule has 1 spiro atoms. The third-order valence-electron chi connectivity index (χ3n) is 3.71. The second kappa shape index (κ2) is 1.81. The van der Waals surface area contributed by atoms with Crippen molar-refractivity contribution in [3.05, 3.63) is 12.5 Å². The Kier molecular flexibility index (Phi) is 1.03. The normalized spacial score (nSPS) is 46.6. The number of ether oxygens (including phenoxy) is 2. The lowest BCUT2D eigenvalue weighted by Crippen LogP contribution is -2.36. The van der Waals surface area contributed by atoms with E-state index in [-0.39, 0.29) is 5.79 Å². The van der Waals surface area contributed by atoms with Crippen molar-refractivity contribution in [3.8, 4) is 0 Å². The molecule has 0 aromatic carbocycles. The molecular weight excluding hydrogens is 152 g/mol. The predicted molar refractivity (Wildman–Crippen MR) is 44.1 cm³/mol. The zero-order chi connectivity index (χ0) is 8.23. The van der Waals surface area contributed by atoms with Gasteiger partial charge in [-0.15, -0.1) is 0 Å². The maximum Gasteiger partial charge on any atom is 0.250 e. The van der Waals surface area contributed by atoms with Gasteiger partial charge in [-0.25, -0.2) is 0 Å². The Bertz CT molecular complexity index is 238. The van der Waals surface area contributed by atoms with Crippen molar-refractivity contribution >= 4 is 0 Å². The van der Waals surface area contributed by atoms with Crippen LogP contribution in [0.1, 0.15) is 32.6 Å². The van der Waals surface area contributed by atoms with Crippen LogP contribution in [-0.2, 0) is 9.47 Å². The molecule has 2 aliphatic carbocycles. The van der Waals surface area contributed by atoms with E-state index in [0.29, 0.717) is 5.41 Å². The monoisotopic (exact) mass is 166 g/mol. The van der Waals surface area contributed by atoms with Crippen LogP contribution in [0.4, 0.5) is 0 Å². The summed E-state index contributed by atoms with van der Waals surface area (Å²) in [5.41, 5.74) is 0.532. The highest BCUT2D eigenvalue weighted by Gasteiger charge is 2.60. The van der Waals surface area contributed by atoms with Gasteiger partial charge in [-0.1, -0.05) is 6.92 Å². The van der Waals surface area contributed by atoms with Crippen LogP contribution in [0.2, 0.25) is 0 Å². The first-order chi connectivity index (χ1) is 5.73. The molecule has 0 saturated heterocycles. The van der Waals surface area contributed by atoms with Crippen molar-refractivity contribution in [1.29, 1.82) is 0 Å². The third kappa shape index (κ3) is 0.755. The lowest BCUT2D eigenvalue weighted by Gasteiger charge is -2.34. The van der Waals surface area contributed by atoms with E-state index in [0.717, 1.165) is 18.8 Å². The smallest absolute Gasteiger partial charge is 0.250 e. The number of fused-ring (bicyclic) bond motifs is 1. The summed E-state index contributed by atoms with van der Waals surface area (Å²) < 4.78 is 11.1. The van der Waals surface area contributed by atoms with Crippen LogP contribution in [0.15, 0.2) is 12.5 Å². The molecule has 3 rings (SSSR count). The molecule has 2 fully saturated rings. The fourth-order valence-electron chi connectivity index (χ4n) is 2.80. The van der Waals surface area contributed by atoms with E-state index >= 15 is 0 Å². The quantitative estimate of drug-likeness (QED) is 0.550. The van der Waals surface area contributed by atoms with E-state index in [4.69, 9.17) is 9.47 Å². The second-order valence-corrected chi connectivity index (χ2v) is 4.69. The average Bonchev–Trinajstić information content (AvgIpc) is 2.47. The molecule has 1 heterocycles. The van der Waals surface area contributed by atoms with Gasteiger partial charge in [0, 0.05) is 12.8 Å². The SMILES string of the molecule is CC12CC1CCC1(C2)OC=CO1. The Morgan fingerprint density at radius 2 is 2.08 bits per heavy atom. The molecular formula is C10H14O2. The van der Waals surface area contributed by atoms with E-state index in [1.807, 2.05) is 0 Å². The van der Waals surface area contributed by atoms with Crippen molar-refractivity contribution in [2.75, 3.05) is 0 Å². The third-order valence-corrected chi connectivity index (χ3v) is 3.71. The predicted octanol–water partition coefficient (Wildman–Crippen LogP) is 2.41. The maximum atomic E-state index is 5.54. The highest BCUT2D eigenvalue weighted by molar-refractivity contribution is 5.07. The van der Waals surface area contributed by atoms with E-state index < -0.39 is 0 Å². The maximum absolute atomic E-state index is 5.54. The fourth-order valence-corrected chi connectivity index (χ4v) is 2.80. The summed E-state index contributed by atoms with van der Waals surface area (Å²) in [6.45, 7) is 2.35. The van der Waals surface area contributed by atoms with Crippen molar-refractivity contribution in [2.24, 2.45) is 11.3 Å². The van der Waals surface area contributed by atoms with Crippen molar-refractivity contribution in [2.45, 2.75) is 38.4 Å². The van der Waals surface area contributed by atoms with Crippen LogP contribution < -0.4 is 0 Å². The minimum atomic E-state index is -0.262. The van der Waals surface area contributed by atoms with Gasteiger partial charge in [0.25, 0.3) is 0 Å². The summed E-state index contributed by atoms with van der Waals surface area (Å²) in [6.07, 6.45) is 8.18. The van der Waals surface area contributed by atoms with E-state index in [1.165, 1.54) is 12.8 Å². The van der Waals surface area contributed by atoms with Crippen LogP contribution in [0.5, 0.6) is 0 Å². The molecule has 3 aliphatic rings. The van der Waals surface area contributed by atoms with Crippen LogP contribution >= 0.6 is 0 Å². The molecule has 2 nitrogen and oxygen atoms in total. The topological polar surface area (TPSA) is 18.5 Å². The van der Waals surface area contributed by atoms with Crippen LogP contribution in [-0.4, -0.2) is 5.79 Å². The number of hydrogen-bond donors (Lipinski definition) is 0. The molecule has 0 radical (unpaired) electrons. The van der Waals surface area contributed by atoms with Gasteiger partial charge < -0.3 is 9.47 Å². The van der Waals surface area contributed by atoms with Gasteiger partial charge in [-0.05, 0) is 24.2 Å². The first kappa shape index (κ1) is 6.81. The van der Waals surface area contributed by atoms with Gasteiger partial charge in [-0.3, -0.25) is 0 Å². The zero-order valence-electron chi connectivity index (χ0n) is 7.38. The Hall–Kier alpha value is -0.660. The first-order valence-electron chi connectivity index (χ1n) is 4.73. The minimum absolute atomic E-state index is 0.262. The molecule has 66 valence electrons. The molecule has 2 atom stereocenters. The van der Waals surface area contributed by atoms with E-state index in [1.54, 1.807) is 12.5 Å². The molecule has 0 aromatic rings. The van der Waals surface area contributed by atoms with Gasteiger partial charge >= 0.3 is 0 Å². The van der Waals surface area contributed by atoms with Crippen LogP contribution in [0.25, 0.3) is 0 Å². The van der Waals surface area contributed by atoms with Crippen molar-refractivity contribution < 1.29 is 9.47 Å². The average molecular weight is 166 g/mol. The van der Waals surface area contributed by atoms with Gasteiger partial charge in [0.15, 0.2) is 0 Å². The first-order valence-corrected chi connectivity index (χ1v) is 4.73. The van der Waals surface area contributed by atoms with E-state index in [9.17, 15) is 0 Å². The molecule has 2 saturated carbocycles. The molecule has 0 N–H and O–H groups in total. The summed E-state index contributed by atoms with van der Waals surface area (Å²) in [7, 11) is 0. The zero-order valence-corrected chi connectivity index (χ0v) is 7.38. The Morgan fingerprint density at radius 3 is 2.75 bits per heavy atom. The largest absolute Gasteiger partial charge is 0.457 e. The van der Waals surface area contributed by atoms with Gasteiger partial charge in [0.1, 0.15) is 12.5 Å². The Balaban J connectivity index is 1.81. The van der Waals surface area contributed by atoms with Crippen molar-refractivity contribution in [1.82, 2.24) is 0 Å². The summed E-state index contributed by atoms with van der Waals surface area (Å²) in [6, 6.07) is 0. The van der Waals surface area contributed by atoms with Crippen molar-refractivity contribution in [3.63, 3.8) is 0 Å². The number of hydrogen-bond acceptors (Lipinski definition) is 2. The fraction of sp³-hybridized carbons (Fsp3) is 0.800. The van der Waals surface area contributed by atoms with E-state index in [2.05, 4.69) is 6.92 Å². The highest BCUT2D eigenvalue weighted by atomic mass is 16.7. The Morgan fingerprint density at radius 1 is 1.33 bits per heavy atom. The molecule has 1 aliphatic heterocycles. The summed E-state index contributed by atoms with van der Waals surface area (Å²) in [4.78, 5) is 0. The summed E-state index contributed by atoms with van der Waals surface area (Å²) in [5.74, 6) is 0.692. The molecule has 2 unspecified atom stereocenters. The van der Waals surface area contributed by atoms with Gasteiger partial charge in [0.2, 0.25) is 5.79 Å². The highest BCUT2D eigenvalue weighted by Crippen LogP contribution is 2.64. The van der Waals surface area contributed by atoms with Crippen LogP contribution in [0.3, 0.4) is 0 Å². The standard InChI is InChI=1S/C10H14O2/c1-9-6-8(9)2-3-10(7-9)11-4-5-12-10/h4-5,8H,2-3,6-7H2,1H3. The number of rotatable bonds is 0. The second-order valence-electron chi connectivity index (χ2n) is 4.69. The summed E-state index contributed by atoms with van der Waals surface area (Å²) in [5, 5.41) is 0. The van der Waals surface area contributed by atoms with Crippen LogP contribution in [0, 0.1) is 11.3 Å².